The fraction of sp³-hybridized carbons (Fsp3) is 0.158. The van der Waals surface area contributed by atoms with Crippen molar-refractivity contribution >= 4 is 0 Å². The van der Waals surface area contributed by atoms with Crippen molar-refractivity contribution in [2.24, 2.45) is 0 Å². The highest BCUT2D eigenvalue weighted by Crippen LogP contribution is 2.31. The average Bonchev–Trinajstić information content (AvgIpc) is 3.09. The molecule has 2 aromatic carbocycles. The first-order chi connectivity index (χ1) is 11.7. The summed E-state index contributed by atoms with van der Waals surface area (Å²) < 4.78 is 12.7. The molecule has 0 aliphatic carbocycles. The highest BCUT2D eigenvalue weighted by molar-refractivity contribution is 5.61. The molecule has 0 aliphatic heterocycles. The van der Waals surface area contributed by atoms with E-state index in [4.69, 9.17) is 14.7 Å². The van der Waals surface area contributed by atoms with E-state index in [1.807, 2.05) is 48.7 Å². The first-order valence-corrected chi connectivity index (χ1v) is 7.47. The van der Waals surface area contributed by atoms with Crippen LogP contribution in [0.2, 0.25) is 0 Å². The van der Waals surface area contributed by atoms with Crippen LogP contribution in [0.25, 0.3) is 11.4 Å². The van der Waals surface area contributed by atoms with Crippen molar-refractivity contribution in [2.45, 2.75) is 6.54 Å². The maximum absolute atomic E-state index is 8.88. The van der Waals surface area contributed by atoms with Crippen LogP contribution in [0, 0.1) is 11.3 Å². The van der Waals surface area contributed by atoms with E-state index in [0.717, 1.165) is 17.0 Å². The van der Waals surface area contributed by atoms with E-state index in [9.17, 15) is 0 Å². The standard InChI is InChI=1S/C19H17N3O2/c1-23-17-8-7-16(11-18(17)24-2)19-21-9-10-22(19)13-15-5-3-14(12-20)4-6-15/h3-11H,13H2,1-2H3. The molecule has 0 spiro atoms. The number of hydrogen-bond acceptors (Lipinski definition) is 4. The van der Waals surface area contributed by atoms with Gasteiger partial charge < -0.3 is 14.0 Å². The van der Waals surface area contributed by atoms with Gasteiger partial charge in [-0.1, -0.05) is 12.1 Å². The van der Waals surface area contributed by atoms with Crippen molar-refractivity contribution in [1.29, 1.82) is 5.26 Å². The molecule has 5 nitrogen and oxygen atoms in total. The van der Waals surface area contributed by atoms with Gasteiger partial charge in [-0.05, 0) is 35.9 Å². The molecule has 24 heavy (non-hydrogen) atoms. The van der Waals surface area contributed by atoms with Gasteiger partial charge in [0, 0.05) is 24.5 Å². The van der Waals surface area contributed by atoms with Crippen LogP contribution in [-0.2, 0) is 6.54 Å². The quantitative estimate of drug-likeness (QED) is 0.722. The highest BCUT2D eigenvalue weighted by atomic mass is 16.5. The third-order valence-corrected chi connectivity index (χ3v) is 3.79. The molecule has 0 amide bonds. The molecule has 0 saturated carbocycles. The van der Waals surface area contributed by atoms with Crippen LogP contribution in [0.15, 0.2) is 54.9 Å². The van der Waals surface area contributed by atoms with E-state index in [1.54, 1.807) is 20.4 Å². The molecule has 1 aromatic heterocycles. The Morgan fingerprint density at radius 3 is 2.46 bits per heavy atom. The Bertz CT molecular complexity index is 876. The van der Waals surface area contributed by atoms with Crippen LogP contribution in [0.5, 0.6) is 11.5 Å². The summed E-state index contributed by atoms with van der Waals surface area (Å²) in [5.41, 5.74) is 2.71. The van der Waals surface area contributed by atoms with Gasteiger partial charge in [-0.3, -0.25) is 0 Å². The topological polar surface area (TPSA) is 60.1 Å². The van der Waals surface area contributed by atoms with Gasteiger partial charge in [0.2, 0.25) is 0 Å². The smallest absolute Gasteiger partial charge is 0.161 e. The predicted molar refractivity (Wildman–Crippen MR) is 91.0 cm³/mol. The van der Waals surface area contributed by atoms with Gasteiger partial charge in [-0.25, -0.2) is 4.98 Å². The molecule has 0 unspecified atom stereocenters. The minimum Gasteiger partial charge on any atom is -0.493 e. The number of methoxy groups -OCH3 is 2. The van der Waals surface area contributed by atoms with E-state index in [2.05, 4.69) is 15.6 Å². The SMILES string of the molecule is COc1ccc(-c2nccn2Cc2ccc(C#N)cc2)cc1OC. The molecule has 0 radical (unpaired) electrons. The minimum atomic E-state index is 0.657. The summed E-state index contributed by atoms with van der Waals surface area (Å²) in [7, 11) is 3.23. The average molecular weight is 319 g/mol. The number of nitriles is 1. The fourth-order valence-electron chi connectivity index (χ4n) is 2.55. The molecule has 0 fully saturated rings. The summed E-state index contributed by atoms with van der Waals surface area (Å²) in [5, 5.41) is 8.88. The highest BCUT2D eigenvalue weighted by Gasteiger charge is 2.11. The Morgan fingerprint density at radius 2 is 1.79 bits per heavy atom. The first-order valence-electron chi connectivity index (χ1n) is 7.47. The van der Waals surface area contributed by atoms with Crippen molar-refractivity contribution in [2.75, 3.05) is 14.2 Å². The third-order valence-electron chi connectivity index (χ3n) is 3.79. The Labute approximate surface area is 140 Å². The molecular weight excluding hydrogens is 302 g/mol. The number of imidazole rings is 1. The summed E-state index contributed by atoms with van der Waals surface area (Å²) in [6, 6.07) is 15.4. The molecule has 0 atom stereocenters. The second kappa shape index (κ2) is 6.88. The Morgan fingerprint density at radius 1 is 1.04 bits per heavy atom. The van der Waals surface area contributed by atoms with E-state index in [1.165, 1.54) is 0 Å². The van der Waals surface area contributed by atoms with Crippen molar-refractivity contribution in [1.82, 2.24) is 9.55 Å². The summed E-state index contributed by atoms with van der Waals surface area (Å²) in [4.78, 5) is 4.46. The van der Waals surface area contributed by atoms with Gasteiger partial charge >= 0.3 is 0 Å². The zero-order valence-electron chi connectivity index (χ0n) is 13.6. The largest absolute Gasteiger partial charge is 0.493 e. The summed E-state index contributed by atoms with van der Waals surface area (Å²) >= 11 is 0. The molecule has 3 rings (SSSR count). The maximum Gasteiger partial charge on any atom is 0.161 e. The Balaban J connectivity index is 1.91. The van der Waals surface area contributed by atoms with Gasteiger partial charge in [0.05, 0.1) is 25.9 Å². The molecule has 5 heteroatoms. The van der Waals surface area contributed by atoms with Crippen LogP contribution in [-0.4, -0.2) is 23.8 Å². The normalized spacial score (nSPS) is 10.2. The monoisotopic (exact) mass is 319 g/mol. The van der Waals surface area contributed by atoms with Gasteiger partial charge in [0.15, 0.2) is 11.5 Å². The lowest BCUT2D eigenvalue weighted by atomic mass is 10.1. The van der Waals surface area contributed by atoms with E-state index >= 15 is 0 Å². The zero-order valence-corrected chi connectivity index (χ0v) is 13.6. The Kier molecular flexibility index (Phi) is 4.48. The van der Waals surface area contributed by atoms with Crippen molar-refractivity contribution in [3.05, 3.63) is 66.0 Å². The van der Waals surface area contributed by atoms with Gasteiger partial charge in [0.25, 0.3) is 0 Å². The fourth-order valence-corrected chi connectivity index (χ4v) is 2.55. The maximum atomic E-state index is 8.88. The molecule has 0 aliphatic rings. The number of hydrogen-bond donors (Lipinski definition) is 0. The lowest BCUT2D eigenvalue weighted by Gasteiger charge is -2.11. The first kappa shape index (κ1) is 15.6. The van der Waals surface area contributed by atoms with Gasteiger partial charge in [-0.15, -0.1) is 0 Å². The second-order valence-electron chi connectivity index (χ2n) is 5.26. The summed E-state index contributed by atoms with van der Waals surface area (Å²) in [6.45, 7) is 0.676. The number of rotatable bonds is 5. The van der Waals surface area contributed by atoms with Crippen molar-refractivity contribution in [3.8, 4) is 29.0 Å². The van der Waals surface area contributed by atoms with E-state index < -0.39 is 0 Å². The van der Waals surface area contributed by atoms with Crippen LogP contribution in [0.4, 0.5) is 0 Å². The number of aromatic nitrogens is 2. The predicted octanol–water partition coefficient (Wildman–Crippen LogP) is 3.49. The molecule has 3 aromatic rings. The number of benzene rings is 2. The summed E-state index contributed by atoms with van der Waals surface area (Å²) in [5.74, 6) is 2.20. The number of ether oxygens (including phenoxy) is 2. The molecule has 1 heterocycles. The third kappa shape index (κ3) is 3.08. The molecular formula is C19H17N3O2. The molecule has 0 saturated heterocycles. The molecule has 0 N–H and O–H groups in total. The summed E-state index contributed by atoms with van der Waals surface area (Å²) in [6.07, 6.45) is 3.71. The second-order valence-corrected chi connectivity index (χ2v) is 5.26. The van der Waals surface area contributed by atoms with Crippen molar-refractivity contribution < 1.29 is 9.47 Å². The van der Waals surface area contributed by atoms with Crippen LogP contribution >= 0.6 is 0 Å². The van der Waals surface area contributed by atoms with Gasteiger partial charge in [0.1, 0.15) is 5.82 Å². The zero-order chi connectivity index (χ0) is 16.9. The minimum absolute atomic E-state index is 0.657. The van der Waals surface area contributed by atoms with Crippen molar-refractivity contribution in [3.63, 3.8) is 0 Å². The lowest BCUT2D eigenvalue weighted by Crippen LogP contribution is -2.01. The van der Waals surface area contributed by atoms with Crippen LogP contribution < -0.4 is 9.47 Å². The van der Waals surface area contributed by atoms with Crippen LogP contribution in [0.3, 0.4) is 0 Å². The van der Waals surface area contributed by atoms with Crippen LogP contribution in [0.1, 0.15) is 11.1 Å². The van der Waals surface area contributed by atoms with Gasteiger partial charge in [-0.2, -0.15) is 5.26 Å². The molecule has 0 bridgehead atoms. The Hall–Kier alpha value is -3.26. The number of nitrogens with zero attached hydrogens (tertiary/aromatic N) is 3. The molecule has 120 valence electrons. The van der Waals surface area contributed by atoms with E-state index in [-0.39, 0.29) is 0 Å². The van der Waals surface area contributed by atoms with E-state index in [0.29, 0.717) is 23.6 Å². The lowest BCUT2D eigenvalue weighted by molar-refractivity contribution is 0.355.